The van der Waals surface area contributed by atoms with Crippen molar-refractivity contribution in [1.29, 1.82) is 0 Å². The maximum absolute atomic E-state index is 12.9. The van der Waals surface area contributed by atoms with Crippen molar-refractivity contribution in [3.63, 3.8) is 0 Å². The molecule has 0 atom stereocenters. The lowest BCUT2D eigenvalue weighted by molar-refractivity contribution is 0.0924. The number of amides is 1. The Bertz CT molecular complexity index is 1170. The molecule has 1 amide bonds. The van der Waals surface area contributed by atoms with Crippen LogP contribution in [-0.2, 0) is 6.54 Å². The number of ether oxygens (including phenoxy) is 1. The van der Waals surface area contributed by atoms with E-state index in [9.17, 15) is 9.18 Å². The summed E-state index contributed by atoms with van der Waals surface area (Å²) in [6.45, 7) is 4.13. The Morgan fingerprint density at radius 2 is 1.90 bits per heavy atom. The molecule has 4 rings (SSSR count). The van der Waals surface area contributed by atoms with Crippen molar-refractivity contribution in [3.05, 3.63) is 89.1 Å². The predicted molar refractivity (Wildman–Crippen MR) is 108 cm³/mol. The molecule has 29 heavy (non-hydrogen) atoms. The van der Waals surface area contributed by atoms with E-state index < -0.39 is 0 Å². The van der Waals surface area contributed by atoms with Gasteiger partial charge in [0.2, 0.25) is 5.88 Å². The zero-order chi connectivity index (χ0) is 20.4. The van der Waals surface area contributed by atoms with Gasteiger partial charge in [0.1, 0.15) is 17.1 Å². The molecule has 1 N–H and O–H groups in total. The van der Waals surface area contributed by atoms with Gasteiger partial charge in [-0.2, -0.15) is 0 Å². The normalized spacial score (nSPS) is 10.9. The van der Waals surface area contributed by atoms with Crippen molar-refractivity contribution in [2.75, 3.05) is 0 Å². The molecule has 0 aliphatic rings. The fraction of sp³-hybridized carbons (Fsp3) is 0.130. The van der Waals surface area contributed by atoms with Crippen LogP contribution >= 0.6 is 0 Å². The van der Waals surface area contributed by atoms with Gasteiger partial charge in [0.25, 0.3) is 5.91 Å². The van der Waals surface area contributed by atoms with E-state index in [1.807, 2.05) is 38.1 Å². The molecule has 4 aromatic rings. The van der Waals surface area contributed by atoms with Crippen LogP contribution in [-0.4, -0.2) is 10.9 Å². The third-order valence-electron chi connectivity index (χ3n) is 4.65. The summed E-state index contributed by atoms with van der Waals surface area (Å²) in [6, 6.07) is 15.0. The number of nitrogens with one attached hydrogen (secondary N) is 1. The molecule has 0 saturated heterocycles. The van der Waals surface area contributed by atoms with Crippen LogP contribution in [0.25, 0.3) is 11.0 Å². The number of fused-ring (bicyclic) bond motifs is 1. The lowest BCUT2D eigenvalue weighted by atomic mass is 10.1. The molecule has 0 radical (unpaired) electrons. The van der Waals surface area contributed by atoms with E-state index in [-0.39, 0.29) is 11.7 Å². The Kier molecular flexibility index (Phi) is 4.99. The largest absolute Gasteiger partial charge is 0.450 e. The van der Waals surface area contributed by atoms with Gasteiger partial charge in [-0.05, 0) is 49.2 Å². The van der Waals surface area contributed by atoms with Crippen molar-refractivity contribution in [1.82, 2.24) is 10.3 Å². The smallest absolute Gasteiger partial charge is 0.287 e. The molecular formula is C23H19FN2O3. The lowest BCUT2D eigenvalue weighted by Gasteiger charge is -2.07. The van der Waals surface area contributed by atoms with E-state index in [1.165, 1.54) is 24.3 Å². The van der Waals surface area contributed by atoms with Gasteiger partial charge < -0.3 is 14.5 Å². The summed E-state index contributed by atoms with van der Waals surface area (Å²) in [5.41, 5.74) is 3.36. The number of furan rings is 1. The molecule has 146 valence electrons. The Balaban J connectivity index is 1.41. The standard InChI is InChI=1S/C23H19FN2O3/c1-14-4-3-5-19-15(2)22(29-21(14)19)23(27)26-13-16-6-11-20(25-12-16)28-18-9-7-17(24)8-10-18/h3-12H,13H2,1-2H3,(H,26,27). The Morgan fingerprint density at radius 1 is 1.10 bits per heavy atom. The number of carbonyl (C=O) groups is 1. The van der Waals surface area contributed by atoms with Crippen LogP contribution in [0.5, 0.6) is 11.6 Å². The van der Waals surface area contributed by atoms with Crippen molar-refractivity contribution < 1.29 is 18.3 Å². The number of rotatable bonds is 5. The molecule has 2 aromatic carbocycles. The molecule has 5 nitrogen and oxygen atoms in total. The number of pyridine rings is 1. The Morgan fingerprint density at radius 3 is 2.59 bits per heavy atom. The summed E-state index contributed by atoms with van der Waals surface area (Å²) < 4.78 is 24.3. The maximum atomic E-state index is 12.9. The third-order valence-corrected chi connectivity index (χ3v) is 4.65. The zero-order valence-corrected chi connectivity index (χ0v) is 16.0. The number of aryl methyl sites for hydroxylation is 2. The number of hydrogen-bond acceptors (Lipinski definition) is 4. The highest BCUT2D eigenvalue weighted by Crippen LogP contribution is 2.27. The van der Waals surface area contributed by atoms with Gasteiger partial charge in [0.15, 0.2) is 5.76 Å². The first-order chi connectivity index (χ1) is 14.0. The second-order valence-corrected chi connectivity index (χ2v) is 6.75. The fourth-order valence-corrected chi connectivity index (χ4v) is 3.06. The molecular weight excluding hydrogens is 371 g/mol. The van der Waals surface area contributed by atoms with Crippen molar-refractivity contribution in [2.24, 2.45) is 0 Å². The fourth-order valence-electron chi connectivity index (χ4n) is 3.06. The first-order valence-corrected chi connectivity index (χ1v) is 9.16. The summed E-state index contributed by atoms with van der Waals surface area (Å²) >= 11 is 0. The van der Waals surface area contributed by atoms with Gasteiger partial charge in [-0.15, -0.1) is 0 Å². The minimum absolute atomic E-state index is 0.273. The second kappa shape index (κ2) is 7.75. The van der Waals surface area contributed by atoms with Crippen LogP contribution in [0, 0.1) is 19.7 Å². The van der Waals surface area contributed by atoms with E-state index in [2.05, 4.69) is 10.3 Å². The average Bonchev–Trinajstić information content (AvgIpc) is 3.07. The van der Waals surface area contributed by atoms with Gasteiger partial charge >= 0.3 is 0 Å². The van der Waals surface area contributed by atoms with Crippen LogP contribution in [0.1, 0.15) is 27.2 Å². The summed E-state index contributed by atoms with van der Waals surface area (Å²) in [5, 5.41) is 3.80. The van der Waals surface area contributed by atoms with Crippen molar-refractivity contribution in [3.8, 4) is 11.6 Å². The highest BCUT2D eigenvalue weighted by Gasteiger charge is 2.18. The molecule has 2 heterocycles. The van der Waals surface area contributed by atoms with Crippen LogP contribution in [0.4, 0.5) is 4.39 Å². The lowest BCUT2D eigenvalue weighted by Crippen LogP contribution is -2.23. The minimum Gasteiger partial charge on any atom is -0.450 e. The monoisotopic (exact) mass is 390 g/mol. The van der Waals surface area contributed by atoms with E-state index in [0.29, 0.717) is 23.9 Å². The van der Waals surface area contributed by atoms with Crippen molar-refractivity contribution in [2.45, 2.75) is 20.4 Å². The van der Waals surface area contributed by atoms with E-state index in [4.69, 9.17) is 9.15 Å². The number of hydrogen-bond donors (Lipinski definition) is 1. The average molecular weight is 390 g/mol. The van der Waals surface area contributed by atoms with Gasteiger partial charge in [-0.3, -0.25) is 4.79 Å². The van der Waals surface area contributed by atoms with Crippen LogP contribution in [0.2, 0.25) is 0 Å². The van der Waals surface area contributed by atoms with E-state index >= 15 is 0 Å². The topological polar surface area (TPSA) is 64.4 Å². The number of nitrogens with zero attached hydrogens (tertiary/aromatic N) is 1. The van der Waals surface area contributed by atoms with E-state index in [0.717, 1.165) is 27.7 Å². The number of para-hydroxylation sites is 1. The molecule has 0 fully saturated rings. The maximum Gasteiger partial charge on any atom is 0.287 e. The van der Waals surface area contributed by atoms with Gasteiger partial charge in [-0.25, -0.2) is 9.37 Å². The molecule has 0 aliphatic carbocycles. The minimum atomic E-state index is -0.328. The highest BCUT2D eigenvalue weighted by atomic mass is 19.1. The number of halogens is 1. The van der Waals surface area contributed by atoms with Crippen LogP contribution < -0.4 is 10.1 Å². The SMILES string of the molecule is Cc1c(C(=O)NCc2ccc(Oc3ccc(F)cc3)nc2)oc2c(C)cccc12. The number of benzene rings is 2. The quantitative estimate of drug-likeness (QED) is 0.502. The van der Waals surface area contributed by atoms with Gasteiger partial charge in [0.05, 0.1) is 0 Å². The molecule has 0 bridgehead atoms. The summed E-state index contributed by atoms with van der Waals surface area (Å²) in [7, 11) is 0. The Labute approximate surface area is 167 Å². The summed E-state index contributed by atoms with van der Waals surface area (Å²) in [4.78, 5) is 16.8. The highest BCUT2D eigenvalue weighted by molar-refractivity contribution is 5.99. The predicted octanol–water partition coefficient (Wildman–Crippen LogP) is 5.31. The summed E-state index contributed by atoms with van der Waals surface area (Å²) in [5.74, 6) is 0.598. The molecule has 0 saturated carbocycles. The molecule has 6 heteroatoms. The van der Waals surface area contributed by atoms with Crippen LogP contribution in [0.15, 0.2) is 65.2 Å². The number of aromatic nitrogens is 1. The van der Waals surface area contributed by atoms with Gasteiger partial charge in [0, 0.05) is 29.8 Å². The first kappa shape index (κ1) is 18.7. The van der Waals surface area contributed by atoms with Crippen molar-refractivity contribution >= 4 is 16.9 Å². The third kappa shape index (κ3) is 3.96. The first-order valence-electron chi connectivity index (χ1n) is 9.16. The van der Waals surface area contributed by atoms with Crippen LogP contribution in [0.3, 0.4) is 0 Å². The Hall–Kier alpha value is -3.67. The number of carbonyl (C=O) groups excluding carboxylic acids is 1. The molecule has 2 aromatic heterocycles. The van der Waals surface area contributed by atoms with Gasteiger partial charge in [-0.1, -0.05) is 24.3 Å². The zero-order valence-electron chi connectivity index (χ0n) is 16.0. The second-order valence-electron chi connectivity index (χ2n) is 6.75. The molecule has 0 aliphatic heterocycles. The van der Waals surface area contributed by atoms with E-state index in [1.54, 1.807) is 12.3 Å². The molecule has 0 spiro atoms. The summed E-state index contributed by atoms with van der Waals surface area (Å²) in [6.07, 6.45) is 1.62. The molecule has 0 unspecified atom stereocenters.